The molecule has 13 unspecified atom stereocenters. The number of fused-ring (bicyclic) bond motifs is 5. The van der Waals surface area contributed by atoms with Gasteiger partial charge in [0, 0.05) is 118 Å². The smallest absolute Gasteiger partial charge is 0.338 e. The molecule has 19 heteroatoms. The molecule has 0 aromatic heterocycles. The molecule has 2 aromatic carbocycles. The van der Waals surface area contributed by atoms with E-state index >= 15 is 4.79 Å². The van der Waals surface area contributed by atoms with Crippen LogP contribution in [0.5, 0.6) is 0 Å². The Hall–Kier alpha value is -1.23. The number of nitrogens with one attached hydrogen (secondary N) is 1. The molecule has 350 valence electrons. The van der Waals surface area contributed by atoms with Gasteiger partial charge in [0.1, 0.15) is 60.7 Å². The van der Waals surface area contributed by atoms with E-state index in [0.717, 1.165) is 0 Å². The number of carbonyl (C=O) groups excluding carboxylic acids is 3. The van der Waals surface area contributed by atoms with Gasteiger partial charge in [-0.1, -0.05) is 75.9 Å². The van der Waals surface area contributed by atoms with E-state index in [1.807, 2.05) is 0 Å². The Morgan fingerprint density at radius 2 is 1.55 bits per heavy atom. The first kappa shape index (κ1) is 54.7. The van der Waals surface area contributed by atoms with Gasteiger partial charge in [-0.05, 0) is 48.6 Å². The molecule has 2 aromatic rings. The predicted octanol–water partition coefficient (Wildman–Crippen LogP) is 0.359. The van der Waals surface area contributed by atoms with Crippen molar-refractivity contribution in [3.05, 3.63) is 95.3 Å². The second kappa shape index (κ2) is 21.0. The summed E-state index contributed by atoms with van der Waals surface area (Å²) in [5, 5.41) is 92.8. The van der Waals surface area contributed by atoms with Gasteiger partial charge < -0.3 is 69.9 Å². The average molecular weight is 1340 g/mol. The molecular formula is C46H59Ac2NO16. The Morgan fingerprint density at radius 3 is 2.14 bits per heavy atom. The molecule has 2 aliphatic heterocycles. The van der Waals surface area contributed by atoms with Crippen LogP contribution in [0.25, 0.3) is 0 Å². The number of hydrogen-bond acceptors (Lipinski definition) is 16. The molecule has 2 saturated heterocycles. The minimum absolute atomic E-state index is 0. The van der Waals surface area contributed by atoms with E-state index in [1.165, 1.54) is 0 Å². The third-order valence-electron chi connectivity index (χ3n) is 14.7. The largest absolute Gasteiger partial charge is 0.492 e. The summed E-state index contributed by atoms with van der Waals surface area (Å²) in [5.41, 5.74) is -5.66. The molecule has 7 rings (SSSR count). The van der Waals surface area contributed by atoms with Crippen molar-refractivity contribution in [1.82, 2.24) is 5.32 Å². The van der Waals surface area contributed by atoms with Gasteiger partial charge in [0.25, 0.3) is 5.91 Å². The van der Waals surface area contributed by atoms with Gasteiger partial charge in [-0.2, -0.15) is 0 Å². The molecule has 2 heterocycles. The van der Waals surface area contributed by atoms with Crippen molar-refractivity contribution in [1.29, 1.82) is 0 Å². The summed E-state index contributed by atoms with van der Waals surface area (Å²) < 4.78 is 29.3. The second-order valence-corrected chi connectivity index (χ2v) is 18.4. The number of esters is 1. The van der Waals surface area contributed by atoms with Crippen molar-refractivity contribution in [2.75, 3.05) is 19.8 Å². The fraction of sp³-hybridized carbons (Fsp3) is 0.587. The predicted molar refractivity (Wildman–Crippen MR) is 220 cm³/mol. The van der Waals surface area contributed by atoms with Gasteiger partial charge in [-0.3, -0.25) is 9.59 Å². The molecule has 2 bridgehead atoms. The van der Waals surface area contributed by atoms with Crippen LogP contribution in [-0.2, 0) is 33.3 Å². The van der Waals surface area contributed by atoms with Crippen LogP contribution in [0.2, 0.25) is 0 Å². The summed E-state index contributed by atoms with van der Waals surface area (Å²) in [6.45, 7) is 10.8. The Labute approximate surface area is 449 Å². The van der Waals surface area contributed by atoms with Crippen molar-refractivity contribution in [3.8, 4) is 0 Å². The van der Waals surface area contributed by atoms with Crippen LogP contribution < -0.4 is 5.32 Å². The molecule has 2 radical (unpaired) electrons. The zero-order chi connectivity index (χ0) is 46.0. The molecule has 5 aliphatic rings. The fourth-order valence-corrected chi connectivity index (χ4v) is 11.0. The van der Waals surface area contributed by atoms with E-state index in [2.05, 4.69) is 11.9 Å². The second-order valence-electron chi connectivity index (χ2n) is 18.4. The van der Waals surface area contributed by atoms with Gasteiger partial charge in [0.2, 0.25) is 0 Å². The normalized spacial score (nSPS) is 38.0. The Bertz CT molecular complexity index is 2090. The molecule has 0 spiro atoms. The number of hydrogen-bond donors (Lipinski definition) is 9. The minimum Gasteiger partial charge on any atom is -0.492 e. The molecule has 4 fully saturated rings. The van der Waals surface area contributed by atoms with Crippen molar-refractivity contribution < 1.29 is 167 Å². The summed E-state index contributed by atoms with van der Waals surface area (Å²) in [4.78, 5) is 42.5. The van der Waals surface area contributed by atoms with Crippen molar-refractivity contribution >= 4 is 17.7 Å². The summed E-state index contributed by atoms with van der Waals surface area (Å²) in [6, 6.07) is 15.4. The molecule has 16 atom stereocenters. The molecule has 65 heavy (non-hydrogen) atoms. The van der Waals surface area contributed by atoms with E-state index in [0.29, 0.717) is 5.56 Å². The summed E-state index contributed by atoms with van der Waals surface area (Å²) >= 11 is 0. The Morgan fingerprint density at radius 1 is 0.938 bits per heavy atom. The third kappa shape index (κ3) is 9.55. The Kier molecular flexibility index (Phi) is 17.7. The zero-order valence-corrected chi connectivity index (χ0v) is 46.5. The van der Waals surface area contributed by atoms with E-state index in [4.69, 9.17) is 23.7 Å². The number of carbonyl (C=O) groups is 3. The van der Waals surface area contributed by atoms with Crippen LogP contribution >= 0.6 is 0 Å². The number of rotatable bonds is 12. The van der Waals surface area contributed by atoms with Crippen LogP contribution in [0.4, 0.5) is 0 Å². The number of ketones is 1. The number of benzene rings is 2. The SMILES string of the molecule is C=C(COC1OC(CO)C(O)C(O)C1O)OC1CC2OC[C@@]2(O)C2[C@H](C)C3(O)CC(OC(=O)C(O)C(NC(=O)c4ccccc4)c4ccccc4)C(C)=C(C(O)C(=O)[C@]12C)C3(C)C.[Ac].[Ac]. The zero-order valence-electron chi connectivity index (χ0n) is 37.0. The van der Waals surface area contributed by atoms with E-state index in [9.17, 15) is 50.4 Å². The summed E-state index contributed by atoms with van der Waals surface area (Å²) in [5.74, 6) is -4.67. The molecule has 17 nitrogen and oxygen atoms in total. The van der Waals surface area contributed by atoms with Gasteiger partial charge in [0.15, 0.2) is 18.2 Å². The van der Waals surface area contributed by atoms with Crippen LogP contribution in [0.1, 0.15) is 69.4 Å². The molecule has 9 N–H and O–H groups in total. The number of amides is 1. The van der Waals surface area contributed by atoms with Gasteiger partial charge in [-0.25, -0.2) is 4.79 Å². The van der Waals surface area contributed by atoms with Crippen LogP contribution in [0.15, 0.2) is 84.1 Å². The molecular weight excluding hydrogens is 1280 g/mol. The van der Waals surface area contributed by atoms with Gasteiger partial charge in [0.05, 0.1) is 36.4 Å². The topological polar surface area (TPSA) is 271 Å². The first-order valence-electron chi connectivity index (χ1n) is 21.2. The first-order valence-corrected chi connectivity index (χ1v) is 21.2. The summed E-state index contributed by atoms with van der Waals surface area (Å²) in [6.07, 6.45) is -15.2. The standard InChI is InChI=1S/C46H59NO16.2Ac/c1-22(20-59-42-37(53)36(52)33(49)28(19-48)63-42)61-29-17-30-45(57,21-60-30)38-24(3)46(58)18-27(23(2)31(43(46,4)5)34(50)39(54)44(29,38)6)62-41(56)35(51)32(25-13-9-7-10-14-25)47-40(55)26-15-11-8-12-16-26;;/h7-16,24,27-30,32-38,42,48-53,57-58H,1,17-21H2,2-6H3,(H,47,55);;/t24-,27?,28?,29?,30?,32?,33?,34?,35?,36?,37?,38?,42?,44+,45-,46?;;/m0../s1. The maximum atomic E-state index is 15.2. The van der Waals surface area contributed by atoms with Crippen molar-refractivity contribution in [3.63, 3.8) is 0 Å². The number of aliphatic hydroxyl groups excluding tert-OH is 6. The fourth-order valence-electron chi connectivity index (χ4n) is 11.0. The average Bonchev–Trinajstić information content (AvgIpc) is 3.26. The maximum Gasteiger partial charge on any atom is 0.338 e. The van der Waals surface area contributed by atoms with E-state index in [1.54, 1.807) is 95.3 Å². The van der Waals surface area contributed by atoms with Crippen molar-refractivity contribution in [2.45, 2.75) is 126 Å². The third-order valence-corrected chi connectivity index (χ3v) is 14.7. The number of aliphatic hydroxyl groups is 8. The van der Waals surface area contributed by atoms with Crippen LogP contribution in [-0.4, -0.2) is 151 Å². The number of ether oxygens (including phenoxy) is 5. The maximum absolute atomic E-state index is 15.2. The summed E-state index contributed by atoms with van der Waals surface area (Å²) in [7, 11) is 0. The molecule has 3 aliphatic carbocycles. The van der Waals surface area contributed by atoms with Crippen LogP contribution in [0, 0.1) is 111 Å². The first-order chi connectivity index (χ1) is 29.6. The quantitative estimate of drug-likeness (QED) is 0.0789. The Balaban J connectivity index is 0.00000397. The van der Waals surface area contributed by atoms with Gasteiger partial charge in [-0.15, -0.1) is 0 Å². The monoisotopic (exact) mass is 1340 g/mol. The minimum atomic E-state index is -1.94. The van der Waals surface area contributed by atoms with Crippen LogP contribution in [0.3, 0.4) is 0 Å². The molecule has 1 amide bonds. The molecule has 2 saturated carbocycles. The van der Waals surface area contributed by atoms with E-state index in [-0.39, 0.29) is 130 Å². The van der Waals surface area contributed by atoms with Crippen molar-refractivity contribution in [2.24, 2.45) is 22.7 Å². The van der Waals surface area contributed by atoms with Gasteiger partial charge >= 0.3 is 5.97 Å². The number of Topliss-reactive ketones (excluding diaryl/α,β-unsaturated/α-hetero) is 1. The van der Waals surface area contributed by atoms with E-state index < -0.39 is 132 Å².